The second-order valence-electron chi connectivity index (χ2n) is 2.64. The van der Waals surface area contributed by atoms with Crippen molar-refractivity contribution in [3.05, 3.63) is 12.3 Å². The first-order valence-electron chi connectivity index (χ1n) is 3.42. The summed E-state index contributed by atoms with van der Waals surface area (Å²) in [7, 11) is 0. The van der Waals surface area contributed by atoms with Crippen LogP contribution >= 0.6 is 11.8 Å². The molecule has 0 saturated carbocycles. The van der Waals surface area contributed by atoms with Crippen LogP contribution in [0.4, 0.5) is 0 Å². The van der Waals surface area contributed by atoms with Crippen molar-refractivity contribution in [1.82, 2.24) is 4.90 Å². The van der Waals surface area contributed by atoms with E-state index >= 15 is 0 Å². The predicted molar refractivity (Wildman–Crippen MR) is 41.4 cm³/mol. The highest BCUT2D eigenvalue weighted by Gasteiger charge is 2.37. The molecular weight excluding hydrogens is 146 g/mol. The Kier molecular flexibility index (Phi) is 1.27. The molecule has 1 fully saturated rings. The number of carbonyl (C=O) groups excluding carboxylic acids is 1. The number of β-lactam (4-membered cyclic amide) rings is 1. The zero-order valence-corrected chi connectivity index (χ0v) is 6.60. The lowest BCUT2D eigenvalue weighted by Crippen LogP contribution is -2.49. The molecule has 54 valence electrons. The zero-order valence-electron chi connectivity index (χ0n) is 5.78. The van der Waals surface area contributed by atoms with Crippen LogP contribution in [-0.2, 0) is 4.79 Å². The third-order valence-electron chi connectivity index (χ3n) is 1.84. The topological polar surface area (TPSA) is 20.3 Å². The lowest BCUT2D eigenvalue weighted by molar-refractivity contribution is -0.137. The monoisotopic (exact) mass is 155 g/mol. The maximum absolute atomic E-state index is 10.8. The van der Waals surface area contributed by atoms with E-state index in [0.29, 0.717) is 10.6 Å². The summed E-state index contributed by atoms with van der Waals surface area (Å²) in [6.07, 6.45) is 4.72. The molecule has 0 bridgehead atoms. The lowest BCUT2D eigenvalue weighted by Gasteiger charge is -2.41. The van der Waals surface area contributed by atoms with Gasteiger partial charge in [-0.2, -0.15) is 0 Å². The number of amides is 1. The maximum Gasteiger partial charge on any atom is 0.230 e. The van der Waals surface area contributed by atoms with Gasteiger partial charge < -0.3 is 4.90 Å². The number of hydrogen-bond donors (Lipinski definition) is 0. The van der Waals surface area contributed by atoms with E-state index in [9.17, 15) is 4.79 Å². The van der Waals surface area contributed by atoms with Crippen molar-refractivity contribution < 1.29 is 4.79 Å². The van der Waals surface area contributed by atoms with E-state index in [-0.39, 0.29) is 5.91 Å². The third kappa shape index (κ3) is 0.770. The van der Waals surface area contributed by atoms with Gasteiger partial charge in [0.05, 0.1) is 11.8 Å². The largest absolute Gasteiger partial charge is 0.306 e. The summed E-state index contributed by atoms with van der Waals surface area (Å²) in [5.74, 6) is 0.264. The van der Waals surface area contributed by atoms with Gasteiger partial charge in [0.1, 0.15) is 0 Å². The van der Waals surface area contributed by atoms with Crippen molar-refractivity contribution >= 4 is 17.7 Å². The number of fused-ring (bicyclic) bond motifs is 1. The van der Waals surface area contributed by atoms with Gasteiger partial charge in [0.2, 0.25) is 5.91 Å². The van der Waals surface area contributed by atoms with Gasteiger partial charge in [-0.05, 0) is 6.92 Å². The zero-order chi connectivity index (χ0) is 7.14. The first kappa shape index (κ1) is 6.28. The van der Waals surface area contributed by atoms with Crippen molar-refractivity contribution in [2.75, 3.05) is 0 Å². The summed E-state index contributed by atoms with van der Waals surface area (Å²) in [6.45, 7) is 2.15. The van der Waals surface area contributed by atoms with Crippen LogP contribution < -0.4 is 0 Å². The first-order chi connectivity index (χ1) is 4.77. The maximum atomic E-state index is 10.8. The van der Waals surface area contributed by atoms with Gasteiger partial charge in [0.15, 0.2) is 0 Å². The van der Waals surface area contributed by atoms with Crippen LogP contribution in [0.2, 0.25) is 0 Å². The van der Waals surface area contributed by atoms with Crippen LogP contribution in [0, 0.1) is 0 Å². The fourth-order valence-corrected chi connectivity index (χ4v) is 2.42. The highest BCUT2D eigenvalue weighted by atomic mass is 32.2. The Morgan fingerprint density at radius 3 is 3.20 bits per heavy atom. The van der Waals surface area contributed by atoms with Crippen molar-refractivity contribution in [2.45, 2.75) is 24.0 Å². The first-order valence-corrected chi connectivity index (χ1v) is 4.36. The molecule has 0 radical (unpaired) electrons. The standard InChI is InChI=1S/C7H9NOS/c1-5-2-3-8-6(9)4-7(8)10-5/h2-3,5,7H,4H2,1H3. The number of rotatable bonds is 0. The Hall–Kier alpha value is -0.440. The average Bonchev–Trinajstić information content (AvgIpc) is 1.86. The minimum absolute atomic E-state index is 0.264. The fourth-order valence-electron chi connectivity index (χ4n) is 1.20. The van der Waals surface area contributed by atoms with Crippen molar-refractivity contribution in [3.8, 4) is 0 Å². The summed E-state index contributed by atoms with van der Waals surface area (Å²) in [6, 6.07) is 0. The number of hydrogen-bond acceptors (Lipinski definition) is 2. The summed E-state index contributed by atoms with van der Waals surface area (Å²) in [5, 5.41) is 1.03. The minimum atomic E-state index is 0.264. The predicted octanol–water partition coefficient (Wildman–Crippen LogP) is 1.19. The molecule has 2 nitrogen and oxygen atoms in total. The molecule has 0 aliphatic carbocycles. The third-order valence-corrected chi connectivity index (χ3v) is 3.13. The van der Waals surface area contributed by atoms with E-state index < -0.39 is 0 Å². The Labute approximate surface area is 64.3 Å². The van der Waals surface area contributed by atoms with Crippen molar-refractivity contribution in [1.29, 1.82) is 0 Å². The van der Waals surface area contributed by atoms with E-state index in [1.165, 1.54) is 0 Å². The van der Waals surface area contributed by atoms with Crippen molar-refractivity contribution in [3.63, 3.8) is 0 Å². The van der Waals surface area contributed by atoms with Crippen LogP contribution in [0.5, 0.6) is 0 Å². The quantitative estimate of drug-likeness (QED) is 0.490. The molecule has 10 heavy (non-hydrogen) atoms. The van der Waals surface area contributed by atoms with Gasteiger partial charge >= 0.3 is 0 Å². The Morgan fingerprint density at radius 1 is 1.80 bits per heavy atom. The molecule has 2 atom stereocenters. The van der Waals surface area contributed by atoms with E-state index in [1.807, 2.05) is 22.9 Å². The highest BCUT2D eigenvalue weighted by molar-refractivity contribution is 8.00. The molecule has 1 saturated heterocycles. The minimum Gasteiger partial charge on any atom is -0.306 e. The molecular formula is C7H9NOS. The summed E-state index contributed by atoms with van der Waals surface area (Å²) >= 11 is 1.86. The van der Waals surface area contributed by atoms with E-state index in [2.05, 4.69) is 13.0 Å². The number of nitrogens with zero attached hydrogens (tertiary/aromatic N) is 1. The van der Waals surface area contributed by atoms with Gasteiger partial charge in [0, 0.05) is 11.4 Å². The molecule has 3 heteroatoms. The SMILES string of the molecule is CC1C=CN2C(=O)CC2S1. The van der Waals surface area contributed by atoms with E-state index in [4.69, 9.17) is 0 Å². The van der Waals surface area contributed by atoms with Gasteiger partial charge in [-0.25, -0.2) is 0 Å². The normalized spacial score (nSPS) is 37.3. The van der Waals surface area contributed by atoms with Crippen molar-refractivity contribution in [2.24, 2.45) is 0 Å². The van der Waals surface area contributed by atoms with Crippen LogP contribution in [0.25, 0.3) is 0 Å². The van der Waals surface area contributed by atoms with Crippen LogP contribution in [0.1, 0.15) is 13.3 Å². The molecule has 2 heterocycles. The Bertz CT molecular complexity index is 202. The van der Waals surface area contributed by atoms with Gasteiger partial charge in [-0.15, -0.1) is 11.8 Å². The smallest absolute Gasteiger partial charge is 0.230 e. The highest BCUT2D eigenvalue weighted by Crippen LogP contribution is 2.36. The number of thioether (sulfide) groups is 1. The summed E-state index contributed by atoms with van der Waals surface area (Å²) in [4.78, 5) is 12.6. The molecule has 0 aromatic carbocycles. The number of carbonyl (C=O) groups is 1. The van der Waals surface area contributed by atoms with Crippen LogP contribution in [-0.4, -0.2) is 21.4 Å². The molecule has 2 aliphatic heterocycles. The summed E-state index contributed by atoms with van der Waals surface area (Å²) in [5.41, 5.74) is 0. The fraction of sp³-hybridized carbons (Fsp3) is 0.571. The second kappa shape index (κ2) is 2.02. The summed E-state index contributed by atoms with van der Waals surface area (Å²) < 4.78 is 0. The molecule has 0 aromatic heterocycles. The lowest BCUT2D eigenvalue weighted by atomic mass is 10.2. The van der Waals surface area contributed by atoms with E-state index in [0.717, 1.165) is 6.42 Å². The van der Waals surface area contributed by atoms with Gasteiger partial charge in [-0.3, -0.25) is 4.79 Å². The van der Waals surface area contributed by atoms with Crippen LogP contribution in [0.15, 0.2) is 12.3 Å². The molecule has 2 aliphatic rings. The van der Waals surface area contributed by atoms with Gasteiger partial charge in [-0.1, -0.05) is 6.08 Å². The van der Waals surface area contributed by atoms with E-state index in [1.54, 1.807) is 0 Å². The second-order valence-corrected chi connectivity index (χ2v) is 4.20. The van der Waals surface area contributed by atoms with Crippen LogP contribution in [0.3, 0.4) is 0 Å². The molecule has 1 amide bonds. The molecule has 2 rings (SSSR count). The Balaban J connectivity index is 2.14. The molecule has 2 unspecified atom stereocenters. The Morgan fingerprint density at radius 2 is 2.60 bits per heavy atom. The average molecular weight is 155 g/mol. The van der Waals surface area contributed by atoms with Gasteiger partial charge in [0.25, 0.3) is 0 Å². The molecule has 0 N–H and O–H groups in total. The molecule has 0 spiro atoms. The molecule has 0 aromatic rings.